The molecule has 0 aliphatic carbocycles. The molecule has 1 aliphatic heterocycles. The Morgan fingerprint density at radius 1 is 0.973 bits per heavy atom. The van der Waals surface area contributed by atoms with Crippen molar-refractivity contribution in [2.75, 3.05) is 25.0 Å². The van der Waals surface area contributed by atoms with Gasteiger partial charge in [-0.2, -0.15) is 0 Å². The van der Waals surface area contributed by atoms with Gasteiger partial charge in [-0.15, -0.1) is 0 Å². The van der Waals surface area contributed by atoms with Gasteiger partial charge in [-0.25, -0.2) is 4.79 Å². The van der Waals surface area contributed by atoms with Gasteiger partial charge in [-0.05, 0) is 47.0 Å². The predicted octanol–water partition coefficient (Wildman–Crippen LogP) is 5.60. The number of halogens is 1. The fraction of sp³-hybridized carbons (Fsp3) is 0.483. The summed E-state index contributed by atoms with van der Waals surface area (Å²) in [5, 5.41) is 5.72. The molecule has 0 aromatic heterocycles. The van der Waals surface area contributed by atoms with Crippen LogP contribution in [0.4, 0.5) is 10.5 Å². The smallest absolute Gasteiger partial charge is 0.319 e. The van der Waals surface area contributed by atoms with E-state index in [1.54, 1.807) is 11.0 Å². The van der Waals surface area contributed by atoms with Crippen molar-refractivity contribution in [3.8, 4) is 0 Å². The van der Waals surface area contributed by atoms with E-state index in [0.717, 1.165) is 22.9 Å². The summed E-state index contributed by atoms with van der Waals surface area (Å²) in [6.45, 7) is 5.61. The number of anilines is 1. The molecule has 7 nitrogen and oxygen atoms in total. The van der Waals surface area contributed by atoms with Crippen LogP contribution in [0.2, 0.25) is 0 Å². The Morgan fingerprint density at radius 2 is 1.68 bits per heavy atom. The molecule has 0 saturated carbocycles. The lowest BCUT2D eigenvalue weighted by atomic mass is 10.0. The Hall–Kier alpha value is -2.87. The average molecular weight is 572 g/mol. The highest BCUT2D eigenvalue weighted by molar-refractivity contribution is 9.10. The normalized spacial score (nSPS) is 16.2. The third kappa shape index (κ3) is 8.88. The van der Waals surface area contributed by atoms with Crippen molar-refractivity contribution in [1.82, 2.24) is 15.1 Å². The maximum absolute atomic E-state index is 13.6. The van der Waals surface area contributed by atoms with E-state index in [9.17, 15) is 14.4 Å². The molecule has 4 amide bonds. The minimum atomic E-state index is -0.724. The van der Waals surface area contributed by atoms with Crippen LogP contribution in [-0.4, -0.2) is 59.4 Å². The lowest BCUT2D eigenvalue weighted by Gasteiger charge is -2.41. The summed E-state index contributed by atoms with van der Waals surface area (Å²) in [6, 6.07) is 15.8. The van der Waals surface area contributed by atoms with E-state index in [1.165, 1.54) is 19.3 Å². The zero-order chi connectivity index (χ0) is 26.6. The minimum absolute atomic E-state index is 0.0627. The summed E-state index contributed by atoms with van der Waals surface area (Å²) >= 11 is 3.44. The number of nitrogens with one attached hydrogen (secondary N) is 2. The van der Waals surface area contributed by atoms with Crippen LogP contribution in [0.3, 0.4) is 0 Å². The summed E-state index contributed by atoms with van der Waals surface area (Å²) in [6.07, 6.45) is 6.52. The molecule has 1 aliphatic rings. The van der Waals surface area contributed by atoms with Crippen molar-refractivity contribution in [3.63, 3.8) is 0 Å². The van der Waals surface area contributed by atoms with E-state index in [0.29, 0.717) is 38.2 Å². The third-order valence-electron chi connectivity index (χ3n) is 6.76. The molecule has 2 atom stereocenters. The van der Waals surface area contributed by atoms with Crippen molar-refractivity contribution >= 4 is 39.5 Å². The Labute approximate surface area is 229 Å². The SMILES string of the molecule is CCCCCCCC(=O)N1CCN(C(=O)C(Cc2ccccc2)NC(=O)Nc2ccccc2Br)CC1C. The molecule has 1 saturated heterocycles. The number of urea groups is 1. The maximum atomic E-state index is 13.6. The molecule has 0 radical (unpaired) electrons. The average Bonchev–Trinajstić information content (AvgIpc) is 2.89. The van der Waals surface area contributed by atoms with E-state index in [2.05, 4.69) is 33.5 Å². The lowest BCUT2D eigenvalue weighted by Crippen LogP contribution is -2.59. The van der Waals surface area contributed by atoms with Crippen LogP contribution in [0.25, 0.3) is 0 Å². The van der Waals surface area contributed by atoms with Crippen molar-refractivity contribution in [1.29, 1.82) is 0 Å². The van der Waals surface area contributed by atoms with Crippen LogP contribution in [0.15, 0.2) is 59.1 Å². The first-order valence-electron chi connectivity index (χ1n) is 13.3. The number of carbonyl (C=O) groups excluding carboxylic acids is 3. The molecule has 200 valence electrons. The Morgan fingerprint density at radius 3 is 2.38 bits per heavy atom. The fourth-order valence-electron chi connectivity index (χ4n) is 4.70. The molecule has 37 heavy (non-hydrogen) atoms. The standard InChI is InChI=1S/C29H39BrN4O3/c1-3-4-5-6-10-17-27(35)34-19-18-33(21-22(34)2)28(36)26(20-23-13-8-7-9-14-23)32-29(37)31-25-16-12-11-15-24(25)30/h7-9,11-16,22,26H,3-6,10,17-21H2,1-2H3,(H2,31,32,37). The van der Waals surface area contributed by atoms with Crippen molar-refractivity contribution in [3.05, 3.63) is 64.6 Å². The monoisotopic (exact) mass is 570 g/mol. The predicted molar refractivity (Wildman–Crippen MR) is 151 cm³/mol. The first-order chi connectivity index (χ1) is 17.9. The van der Waals surface area contributed by atoms with Crippen molar-refractivity contribution in [2.24, 2.45) is 0 Å². The molecular weight excluding hydrogens is 532 g/mol. The lowest BCUT2D eigenvalue weighted by molar-refractivity contribution is -0.143. The summed E-state index contributed by atoms with van der Waals surface area (Å²) < 4.78 is 0.760. The van der Waals surface area contributed by atoms with Gasteiger partial charge in [0.1, 0.15) is 6.04 Å². The highest BCUT2D eigenvalue weighted by Gasteiger charge is 2.33. The second-order valence-corrected chi connectivity index (χ2v) is 10.6. The van der Waals surface area contributed by atoms with E-state index >= 15 is 0 Å². The van der Waals surface area contributed by atoms with Gasteiger partial charge in [-0.1, -0.05) is 75.1 Å². The summed E-state index contributed by atoms with van der Waals surface area (Å²) in [5.41, 5.74) is 1.59. The van der Waals surface area contributed by atoms with Gasteiger partial charge >= 0.3 is 6.03 Å². The Kier molecular flexibility index (Phi) is 11.5. The number of para-hydroxylation sites is 1. The molecule has 0 bridgehead atoms. The molecule has 8 heteroatoms. The number of nitrogens with zero attached hydrogens (tertiary/aromatic N) is 2. The van der Waals surface area contributed by atoms with E-state index in [4.69, 9.17) is 0 Å². The number of piperazine rings is 1. The van der Waals surface area contributed by atoms with E-state index in [1.807, 2.05) is 60.4 Å². The Bertz CT molecular complexity index is 1030. The van der Waals surface area contributed by atoms with Crippen LogP contribution in [0, 0.1) is 0 Å². The van der Waals surface area contributed by atoms with E-state index in [-0.39, 0.29) is 17.9 Å². The summed E-state index contributed by atoms with van der Waals surface area (Å²) in [5.74, 6) is 0.0347. The molecule has 0 spiro atoms. The molecule has 1 fully saturated rings. The summed E-state index contributed by atoms with van der Waals surface area (Å²) in [7, 11) is 0. The quantitative estimate of drug-likeness (QED) is 0.345. The van der Waals surface area contributed by atoms with Crippen molar-refractivity contribution < 1.29 is 14.4 Å². The highest BCUT2D eigenvalue weighted by Crippen LogP contribution is 2.21. The van der Waals surface area contributed by atoms with Crippen LogP contribution in [0.5, 0.6) is 0 Å². The van der Waals surface area contributed by atoms with Crippen LogP contribution in [0.1, 0.15) is 57.9 Å². The topological polar surface area (TPSA) is 81.8 Å². The van der Waals surface area contributed by atoms with Gasteiger partial charge in [0.05, 0.1) is 5.69 Å². The zero-order valence-corrected chi connectivity index (χ0v) is 23.5. The van der Waals surface area contributed by atoms with Gasteiger partial charge in [0.2, 0.25) is 11.8 Å². The number of hydrogen-bond donors (Lipinski definition) is 2. The molecule has 2 aromatic rings. The van der Waals surface area contributed by atoms with E-state index < -0.39 is 12.1 Å². The maximum Gasteiger partial charge on any atom is 0.319 e. The summed E-state index contributed by atoms with van der Waals surface area (Å²) in [4.78, 5) is 43.0. The Balaban J connectivity index is 1.61. The van der Waals surface area contributed by atoms with Gasteiger partial charge in [0, 0.05) is 43.0 Å². The molecule has 2 unspecified atom stereocenters. The van der Waals surface area contributed by atoms with Gasteiger partial charge in [0.15, 0.2) is 0 Å². The first-order valence-corrected chi connectivity index (χ1v) is 14.1. The zero-order valence-electron chi connectivity index (χ0n) is 21.9. The first kappa shape index (κ1) is 28.7. The number of rotatable bonds is 11. The molecule has 2 aromatic carbocycles. The molecule has 3 rings (SSSR count). The van der Waals surface area contributed by atoms with Crippen LogP contribution < -0.4 is 10.6 Å². The number of amides is 4. The van der Waals surface area contributed by atoms with Crippen LogP contribution >= 0.6 is 15.9 Å². The number of benzene rings is 2. The minimum Gasteiger partial charge on any atom is -0.337 e. The number of unbranched alkanes of at least 4 members (excludes halogenated alkanes) is 4. The largest absolute Gasteiger partial charge is 0.337 e. The molecule has 1 heterocycles. The highest BCUT2D eigenvalue weighted by atomic mass is 79.9. The van der Waals surface area contributed by atoms with Gasteiger partial charge in [-0.3, -0.25) is 9.59 Å². The van der Waals surface area contributed by atoms with Gasteiger partial charge in [0.25, 0.3) is 0 Å². The fourth-order valence-corrected chi connectivity index (χ4v) is 5.09. The third-order valence-corrected chi connectivity index (χ3v) is 7.45. The van der Waals surface area contributed by atoms with Crippen LogP contribution in [-0.2, 0) is 16.0 Å². The van der Waals surface area contributed by atoms with Gasteiger partial charge < -0.3 is 20.4 Å². The molecular formula is C29H39BrN4O3. The van der Waals surface area contributed by atoms with Crippen molar-refractivity contribution in [2.45, 2.75) is 70.9 Å². The second-order valence-electron chi connectivity index (χ2n) is 9.71. The molecule has 2 N–H and O–H groups in total. The second kappa shape index (κ2) is 14.8. The number of hydrogen-bond acceptors (Lipinski definition) is 3. The number of carbonyl (C=O) groups is 3.